The van der Waals surface area contributed by atoms with Crippen LogP contribution in [0.2, 0.25) is 0 Å². The summed E-state index contributed by atoms with van der Waals surface area (Å²) in [7, 11) is 0. The average molecular weight is 274 g/mol. The SMILES string of the molecule is CC(C)c1c[n+]2n3c4c(cccc4c4cccnc4c13)C2. The van der Waals surface area contributed by atoms with E-state index >= 15 is 0 Å². The minimum atomic E-state index is 0.495. The maximum absolute atomic E-state index is 4.70. The van der Waals surface area contributed by atoms with Gasteiger partial charge in [0.25, 0.3) is 0 Å². The lowest BCUT2D eigenvalue weighted by atomic mass is 10.0. The zero-order valence-corrected chi connectivity index (χ0v) is 12.2. The van der Waals surface area contributed by atoms with Crippen LogP contribution in [-0.4, -0.2) is 9.50 Å². The topological polar surface area (TPSA) is 21.2 Å². The molecule has 0 spiro atoms. The summed E-state index contributed by atoms with van der Waals surface area (Å²) in [6, 6.07) is 10.8. The van der Waals surface area contributed by atoms with Crippen molar-refractivity contribution in [3.63, 3.8) is 0 Å². The minimum Gasteiger partial charge on any atom is -0.254 e. The fourth-order valence-electron chi connectivity index (χ4n) is 3.72. The Morgan fingerprint density at radius 1 is 1.10 bits per heavy atom. The van der Waals surface area contributed by atoms with E-state index in [4.69, 9.17) is 4.98 Å². The van der Waals surface area contributed by atoms with E-state index in [1.165, 1.54) is 32.9 Å². The van der Waals surface area contributed by atoms with Gasteiger partial charge in [0.05, 0.1) is 5.56 Å². The first kappa shape index (κ1) is 11.3. The Bertz CT molecular complexity index is 1040. The van der Waals surface area contributed by atoms with Crippen LogP contribution in [0.3, 0.4) is 0 Å². The Morgan fingerprint density at radius 3 is 2.81 bits per heavy atom. The molecule has 3 aromatic heterocycles. The minimum absolute atomic E-state index is 0.495. The van der Waals surface area contributed by atoms with Crippen LogP contribution < -0.4 is 4.68 Å². The highest BCUT2D eigenvalue weighted by molar-refractivity contribution is 6.12. The number of fused-ring (bicyclic) bond motifs is 3. The standard InChI is InChI=1S/C18H16N3/c1-11(2)15-10-20-9-12-5-3-6-14-13-7-4-8-19-16(13)18(15)21(20)17(12)14/h3-8,10-11H,9H2,1-2H3/q+1. The van der Waals surface area contributed by atoms with Crippen molar-refractivity contribution in [2.45, 2.75) is 26.3 Å². The Hall–Kier alpha value is -2.42. The van der Waals surface area contributed by atoms with E-state index in [-0.39, 0.29) is 0 Å². The molecule has 0 amide bonds. The molecule has 3 nitrogen and oxygen atoms in total. The third-order valence-electron chi connectivity index (χ3n) is 4.64. The van der Waals surface area contributed by atoms with E-state index in [1.807, 2.05) is 12.3 Å². The number of rotatable bonds is 1. The molecule has 0 saturated heterocycles. The van der Waals surface area contributed by atoms with Crippen molar-refractivity contribution in [1.29, 1.82) is 0 Å². The smallest absolute Gasteiger partial charge is 0.200 e. The first-order chi connectivity index (χ1) is 10.3. The Kier molecular flexibility index (Phi) is 1.94. The molecule has 5 rings (SSSR count). The number of benzene rings is 1. The summed E-state index contributed by atoms with van der Waals surface area (Å²) in [4.78, 5) is 4.70. The summed E-state index contributed by atoms with van der Waals surface area (Å²) in [5, 5.41) is 2.57. The summed E-state index contributed by atoms with van der Waals surface area (Å²) in [6.45, 7) is 5.47. The highest BCUT2D eigenvalue weighted by atomic mass is 15.4. The molecule has 0 saturated carbocycles. The van der Waals surface area contributed by atoms with E-state index in [9.17, 15) is 0 Å². The molecule has 1 aliphatic rings. The highest BCUT2D eigenvalue weighted by Crippen LogP contribution is 2.35. The van der Waals surface area contributed by atoms with Gasteiger partial charge in [-0.1, -0.05) is 38.1 Å². The molecule has 0 unspecified atom stereocenters. The third-order valence-corrected chi connectivity index (χ3v) is 4.64. The van der Waals surface area contributed by atoms with Gasteiger partial charge in [-0.15, -0.1) is 9.20 Å². The first-order valence-corrected chi connectivity index (χ1v) is 7.49. The molecule has 0 atom stereocenters. The lowest BCUT2D eigenvalue weighted by molar-refractivity contribution is -0.745. The quantitative estimate of drug-likeness (QED) is 0.339. The lowest BCUT2D eigenvalue weighted by Crippen LogP contribution is -2.35. The highest BCUT2D eigenvalue weighted by Gasteiger charge is 2.30. The molecule has 0 bridgehead atoms. The zero-order valence-electron chi connectivity index (χ0n) is 12.2. The Balaban J connectivity index is 2.20. The number of nitrogens with zero attached hydrogens (tertiary/aromatic N) is 3. The molecule has 4 aromatic rings. The van der Waals surface area contributed by atoms with Crippen LogP contribution in [-0.2, 0) is 6.54 Å². The van der Waals surface area contributed by atoms with Crippen LogP contribution in [0, 0.1) is 0 Å². The first-order valence-electron chi connectivity index (χ1n) is 7.49. The van der Waals surface area contributed by atoms with Crippen LogP contribution in [0.25, 0.3) is 27.3 Å². The second-order valence-electron chi connectivity index (χ2n) is 6.21. The van der Waals surface area contributed by atoms with E-state index in [1.54, 1.807) is 0 Å². The van der Waals surface area contributed by atoms with E-state index in [0.717, 1.165) is 12.1 Å². The molecule has 102 valence electrons. The third kappa shape index (κ3) is 1.24. The van der Waals surface area contributed by atoms with Gasteiger partial charge < -0.3 is 0 Å². The number of pyridine rings is 2. The molecule has 1 aromatic carbocycles. The van der Waals surface area contributed by atoms with Gasteiger partial charge in [-0.05, 0) is 12.0 Å². The van der Waals surface area contributed by atoms with Gasteiger partial charge in [0.15, 0.2) is 6.54 Å². The summed E-state index contributed by atoms with van der Waals surface area (Å²) in [5.74, 6) is 0.495. The van der Waals surface area contributed by atoms with Crippen molar-refractivity contribution in [3.8, 4) is 0 Å². The number of hydrogen-bond acceptors (Lipinski definition) is 1. The van der Waals surface area contributed by atoms with Crippen molar-refractivity contribution in [2.24, 2.45) is 0 Å². The Morgan fingerprint density at radius 2 is 1.95 bits per heavy atom. The van der Waals surface area contributed by atoms with Crippen molar-refractivity contribution in [3.05, 3.63) is 53.9 Å². The van der Waals surface area contributed by atoms with E-state index in [0.29, 0.717) is 5.92 Å². The van der Waals surface area contributed by atoms with Gasteiger partial charge in [0.2, 0.25) is 6.20 Å². The molecular weight excluding hydrogens is 258 g/mol. The van der Waals surface area contributed by atoms with Crippen molar-refractivity contribution < 1.29 is 4.68 Å². The fourth-order valence-corrected chi connectivity index (χ4v) is 3.72. The van der Waals surface area contributed by atoms with Gasteiger partial charge in [0.1, 0.15) is 16.6 Å². The van der Waals surface area contributed by atoms with Crippen molar-refractivity contribution in [1.82, 2.24) is 9.50 Å². The molecule has 1 aliphatic heterocycles. The summed E-state index contributed by atoms with van der Waals surface area (Å²) < 4.78 is 4.70. The van der Waals surface area contributed by atoms with Gasteiger partial charge in [-0.25, -0.2) is 0 Å². The summed E-state index contributed by atoms with van der Waals surface area (Å²) in [6.07, 6.45) is 4.20. The normalized spacial score (nSPS) is 13.5. The van der Waals surface area contributed by atoms with Crippen LogP contribution in [0.1, 0.15) is 30.9 Å². The average Bonchev–Trinajstić information content (AvgIpc) is 3.03. The molecule has 3 heteroatoms. The van der Waals surface area contributed by atoms with Gasteiger partial charge in [-0.3, -0.25) is 4.98 Å². The monoisotopic (exact) mass is 274 g/mol. The predicted molar refractivity (Wildman–Crippen MR) is 83.6 cm³/mol. The number of aromatic nitrogens is 3. The van der Waals surface area contributed by atoms with E-state index < -0.39 is 0 Å². The predicted octanol–water partition coefficient (Wildman–Crippen LogP) is 3.41. The molecule has 4 heterocycles. The van der Waals surface area contributed by atoms with E-state index in [2.05, 4.69) is 53.5 Å². The summed E-state index contributed by atoms with van der Waals surface area (Å²) in [5.41, 5.74) is 6.53. The van der Waals surface area contributed by atoms with Crippen molar-refractivity contribution in [2.75, 3.05) is 0 Å². The van der Waals surface area contributed by atoms with Gasteiger partial charge in [0, 0.05) is 22.5 Å². The maximum atomic E-state index is 4.70. The number of hydrogen-bond donors (Lipinski definition) is 0. The van der Waals surface area contributed by atoms with Crippen LogP contribution in [0.5, 0.6) is 0 Å². The van der Waals surface area contributed by atoms with Crippen LogP contribution in [0.4, 0.5) is 0 Å². The second kappa shape index (κ2) is 3.61. The Labute approximate surface area is 122 Å². The zero-order chi connectivity index (χ0) is 14.1. The molecule has 0 radical (unpaired) electrons. The molecule has 0 aliphatic carbocycles. The van der Waals surface area contributed by atoms with Gasteiger partial charge >= 0.3 is 0 Å². The largest absolute Gasteiger partial charge is 0.254 e. The molecular formula is C18H16N3+. The van der Waals surface area contributed by atoms with Crippen molar-refractivity contribution >= 4 is 27.3 Å². The lowest BCUT2D eigenvalue weighted by Gasteiger charge is -2.06. The fraction of sp³-hybridized carbons (Fsp3) is 0.222. The summed E-state index contributed by atoms with van der Waals surface area (Å²) >= 11 is 0. The number of para-hydroxylation sites is 1. The van der Waals surface area contributed by atoms with Crippen LogP contribution in [0.15, 0.2) is 42.7 Å². The molecule has 0 N–H and O–H groups in total. The second-order valence-corrected chi connectivity index (χ2v) is 6.21. The van der Waals surface area contributed by atoms with Crippen LogP contribution >= 0.6 is 0 Å². The molecule has 0 fully saturated rings. The van der Waals surface area contributed by atoms with Gasteiger partial charge in [-0.2, -0.15) is 0 Å². The molecule has 21 heavy (non-hydrogen) atoms. The maximum Gasteiger partial charge on any atom is 0.200 e.